The van der Waals surface area contributed by atoms with E-state index in [1.807, 2.05) is 42.2 Å². The number of aliphatic hydroxyl groups is 1. The highest BCUT2D eigenvalue weighted by molar-refractivity contribution is 6.32. The summed E-state index contributed by atoms with van der Waals surface area (Å²) in [6.45, 7) is 11.2. The number of β-amino-alcohol motifs (C(OH)–C–C–N with tert-alkyl or cyclic N) is 1. The van der Waals surface area contributed by atoms with E-state index < -0.39 is 12.0 Å². The Balaban J connectivity index is 1.17. The number of hydrogen-bond donors (Lipinski definition) is 2. The van der Waals surface area contributed by atoms with Crippen LogP contribution in [-0.2, 0) is 24.6 Å². The molecule has 0 aliphatic carbocycles. The van der Waals surface area contributed by atoms with Crippen molar-refractivity contribution >= 4 is 17.6 Å². The Kier molecular flexibility index (Phi) is 12.7. The first-order valence-electron chi connectivity index (χ1n) is 18.3. The van der Waals surface area contributed by atoms with Gasteiger partial charge < -0.3 is 29.3 Å². The molecule has 2 saturated heterocycles. The Morgan fingerprint density at radius 2 is 1.75 bits per heavy atom. The van der Waals surface area contributed by atoms with E-state index in [1.54, 1.807) is 12.4 Å². The van der Waals surface area contributed by atoms with Crippen molar-refractivity contribution in [3.63, 3.8) is 0 Å². The van der Waals surface area contributed by atoms with E-state index in [4.69, 9.17) is 25.8 Å². The van der Waals surface area contributed by atoms with Gasteiger partial charge >= 0.3 is 5.97 Å². The summed E-state index contributed by atoms with van der Waals surface area (Å²) in [4.78, 5) is 20.6. The number of ether oxygens (including phenoxy) is 3. The maximum atomic E-state index is 12.1. The van der Waals surface area contributed by atoms with Gasteiger partial charge in [-0.25, -0.2) is 0 Å². The molecule has 0 amide bonds. The van der Waals surface area contributed by atoms with Crippen LogP contribution in [0.25, 0.3) is 11.1 Å². The van der Waals surface area contributed by atoms with E-state index in [9.17, 15) is 15.0 Å². The summed E-state index contributed by atoms with van der Waals surface area (Å²) in [5.41, 5.74) is 8.31. The molecule has 9 nitrogen and oxygen atoms in total. The fraction of sp³-hybridized carbons (Fsp3) is 0.429. The summed E-state index contributed by atoms with van der Waals surface area (Å²) in [5.74, 6) is 1.13. The van der Waals surface area contributed by atoms with Gasteiger partial charge in [0.1, 0.15) is 36.5 Å². The fourth-order valence-electron chi connectivity index (χ4n) is 7.24. The van der Waals surface area contributed by atoms with Crippen molar-refractivity contribution in [2.24, 2.45) is 0 Å². The van der Waals surface area contributed by atoms with Crippen LogP contribution in [0.3, 0.4) is 0 Å². The average molecular weight is 728 g/mol. The van der Waals surface area contributed by atoms with Crippen molar-refractivity contribution in [2.75, 3.05) is 32.8 Å². The topological polar surface area (TPSA) is 105 Å². The molecule has 0 radical (unpaired) electrons. The van der Waals surface area contributed by atoms with Crippen LogP contribution in [0, 0.1) is 20.8 Å². The van der Waals surface area contributed by atoms with Crippen molar-refractivity contribution in [2.45, 2.75) is 84.8 Å². The first kappa shape index (κ1) is 37.6. The Morgan fingerprint density at radius 1 is 0.904 bits per heavy atom. The smallest absolute Gasteiger partial charge is 0.320 e. The molecule has 276 valence electrons. The van der Waals surface area contributed by atoms with Crippen LogP contribution in [0.2, 0.25) is 5.02 Å². The van der Waals surface area contributed by atoms with Gasteiger partial charge in [-0.3, -0.25) is 14.7 Å². The van der Waals surface area contributed by atoms with Gasteiger partial charge in [0.05, 0.1) is 17.7 Å². The number of halogens is 1. The summed E-state index contributed by atoms with van der Waals surface area (Å²) in [6, 6.07) is 17.6. The van der Waals surface area contributed by atoms with E-state index >= 15 is 0 Å². The van der Waals surface area contributed by atoms with Crippen LogP contribution in [0.15, 0.2) is 67.0 Å². The van der Waals surface area contributed by atoms with Crippen molar-refractivity contribution in [3.05, 3.63) is 105 Å². The highest BCUT2D eigenvalue weighted by Gasteiger charge is 2.29. The fourth-order valence-corrected chi connectivity index (χ4v) is 7.48. The molecule has 4 aromatic rings. The second-order valence-corrected chi connectivity index (χ2v) is 14.6. The summed E-state index contributed by atoms with van der Waals surface area (Å²) >= 11 is 6.87. The molecule has 0 saturated carbocycles. The molecule has 2 fully saturated rings. The molecular formula is C42H50ClN3O6. The maximum Gasteiger partial charge on any atom is 0.320 e. The average Bonchev–Trinajstić information content (AvgIpc) is 3.55. The van der Waals surface area contributed by atoms with Gasteiger partial charge in [-0.2, -0.15) is 0 Å². The minimum absolute atomic E-state index is 0.203. The summed E-state index contributed by atoms with van der Waals surface area (Å²) < 4.78 is 18.9. The monoisotopic (exact) mass is 727 g/mol. The molecule has 1 aromatic heterocycles. The lowest BCUT2D eigenvalue weighted by molar-refractivity contribution is -0.144. The number of aromatic nitrogens is 1. The van der Waals surface area contributed by atoms with Gasteiger partial charge in [0.2, 0.25) is 0 Å². The summed E-state index contributed by atoms with van der Waals surface area (Å²) in [7, 11) is 0. The van der Waals surface area contributed by atoms with Crippen LogP contribution in [-0.4, -0.2) is 75.9 Å². The van der Waals surface area contributed by atoms with Crippen LogP contribution >= 0.6 is 11.6 Å². The Hall–Kier alpha value is -4.15. The molecule has 52 heavy (non-hydrogen) atoms. The lowest BCUT2D eigenvalue weighted by atomic mass is 9.93. The van der Waals surface area contributed by atoms with Crippen LogP contribution in [0.4, 0.5) is 0 Å². The minimum atomic E-state index is -0.804. The van der Waals surface area contributed by atoms with Gasteiger partial charge in [0, 0.05) is 55.8 Å². The Bertz CT molecular complexity index is 1850. The van der Waals surface area contributed by atoms with E-state index in [0.717, 1.165) is 95.6 Å². The molecule has 0 unspecified atom stereocenters. The quantitative estimate of drug-likeness (QED) is 0.119. The van der Waals surface area contributed by atoms with E-state index in [2.05, 4.69) is 48.0 Å². The second-order valence-electron chi connectivity index (χ2n) is 14.2. The first-order valence-corrected chi connectivity index (χ1v) is 18.7. The maximum absolute atomic E-state index is 12.1. The van der Waals surface area contributed by atoms with Crippen LogP contribution in [0.5, 0.6) is 17.2 Å². The standard InChI is InChI=1S/C42H50ClN3O6/c1-28-18-31(23-44-22-28)26-51-40-21-41(38(43)19-33(40)24-46-15-5-4-10-39(46)42(48)49)52-27-32-8-6-9-36(30(32)3)37-20-35(12-11-29(37)2)50-17-7-14-45-16-13-34(47)25-45/h6,8-9,11-12,18-23,34,39,47H,4-5,7,10,13-17,24-27H2,1-3H3,(H,48,49)/t34-,39+/m1/s1. The zero-order valence-corrected chi connectivity index (χ0v) is 31.2. The number of hydrogen-bond acceptors (Lipinski definition) is 8. The number of aryl methyl sites for hydroxylation is 2. The predicted molar refractivity (Wildman–Crippen MR) is 203 cm³/mol. The number of carboxylic acid groups (broad SMARTS) is 1. The lowest BCUT2D eigenvalue weighted by Gasteiger charge is -2.33. The highest BCUT2D eigenvalue weighted by Crippen LogP contribution is 2.37. The largest absolute Gasteiger partial charge is 0.494 e. The van der Waals surface area contributed by atoms with Crippen molar-refractivity contribution in [3.8, 4) is 28.4 Å². The van der Waals surface area contributed by atoms with E-state index in [1.165, 1.54) is 0 Å². The first-order chi connectivity index (χ1) is 25.1. The second kappa shape index (κ2) is 17.6. The highest BCUT2D eigenvalue weighted by atomic mass is 35.5. The summed E-state index contributed by atoms with van der Waals surface area (Å²) in [6.07, 6.45) is 7.61. The normalized spacial score (nSPS) is 18.0. The van der Waals surface area contributed by atoms with Crippen LogP contribution < -0.4 is 14.2 Å². The molecule has 2 atom stereocenters. The molecule has 2 aliphatic heterocycles. The number of carboxylic acids is 1. The zero-order valence-electron chi connectivity index (χ0n) is 30.4. The van der Waals surface area contributed by atoms with Crippen molar-refractivity contribution in [1.29, 1.82) is 0 Å². The molecular weight excluding hydrogens is 678 g/mol. The van der Waals surface area contributed by atoms with Crippen molar-refractivity contribution < 1.29 is 29.2 Å². The van der Waals surface area contributed by atoms with E-state index in [-0.39, 0.29) is 6.10 Å². The lowest BCUT2D eigenvalue weighted by Crippen LogP contribution is -2.44. The number of piperidine rings is 1. The molecule has 2 N–H and O–H groups in total. The predicted octanol–water partition coefficient (Wildman–Crippen LogP) is 7.76. The SMILES string of the molecule is Cc1cncc(COc2cc(OCc3cccc(-c4cc(OCCCN5CC[C@@H](O)C5)ccc4C)c3C)c(Cl)cc2CN2CCCC[C@H]2C(=O)O)c1. The Morgan fingerprint density at radius 3 is 2.54 bits per heavy atom. The number of aliphatic hydroxyl groups excluding tert-OH is 1. The number of pyridine rings is 1. The molecule has 0 bridgehead atoms. The Labute approximate surface area is 312 Å². The number of rotatable bonds is 15. The number of likely N-dealkylation sites (tertiary alicyclic amines) is 2. The summed E-state index contributed by atoms with van der Waals surface area (Å²) in [5, 5.41) is 20.1. The number of carbonyl (C=O) groups is 1. The molecule has 3 aromatic carbocycles. The molecule has 6 rings (SSSR count). The van der Waals surface area contributed by atoms with Gasteiger partial charge in [-0.05, 0) is 111 Å². The molecule has 0 spiro atoms. The van der Waals surface area contributed by atoms with Gasteiger partial charge in [-0.15, -0.1) is 0 Å². The minimum Gasteiger partial charge on any atom is -0.494 e. The van der Waals surface area contributed by atoms with Gasteiger partial charge in [0.15, 0.2) is 0 Å². The molecule has 3 heterocycles. The van der Waals surface area contributed by atoms with Crippen LogP contribution in [0.1, 0.15) is 65.5 Å². The third kappa shape index (κ3) is 9.63. The molecule has 2 aliphatic rings. The van der Waals surface area contributed by atoms with Gasteiger partial charge in [-0.1, -0.05) is 42.3 Å². The molecule has 10 heteroatoms. The third-order valence-corrected chi connectivity index (χ3v) is 10.5. The number of nitrogens with zero attached hydrogens (tertiary/aromatic N) is 3. The number of aliphatic carboxylic acids is 1. The van der Waals surface area contributed by atoms with Gasteiger partial charge in [0.25, 0.3) is 0 Å². The van der Waals surface area contributed by atoms with Crippen molar-refractivity contribution in [1.82, 2.24) is 14.8 Å². The van der Waals surface area contributed by atoms with E-state index in [0.29, 0.717) is 55.9 Å². The zero-order chi connectivity index (χ0) is 36.6. The third-order valence-electron chi connectivity index (χ3n) is 10.2. The number of benzene rings is 3.